The molecule has 1 aromatic heterocycles. The Bertz CT molecular complexity index is 1320. The van der Waals surface area contributed by atoms with Gasteiger partial charge in [-0.2, -0.15) is 4.72 Å². The van der Waals surface area contributed by atoms with Gasteiger partial charge in [-0.25, -0.2) is 12.8 Å². The van der Waals surface area contributed by atoms with Crippen LogP contribution in [0.15, 0.2) is 88.2 Å². The molecular weight excluding hydrogens is 433 g/mol. The third kappa shape index (κ3) is 4.06. The minimum Gasteiger partial charge on any atom is -0.487 e. The number of nitrogens with one attached hydrogen (secondary N) is 1. The zero-order valence-corrected chi connectivity index (χ0v) is 17.7. The van der Waals surface area contributed by atoms with Gasteiger partial charge in [0.05, 0.1) is 4.90 Å². The molecule has 0 unspecified atom stereocenters. The van der Waals surface area contributed by atoms with Crippen molar-refractivity contribution in [2.75, 3.05) is 13.2 Å². The zero-order chi connectivity index (χ0) is 22.1. The van der Waals surface area contributed by atoms with Crippen LogP contribution in [-0.2, 0) is 10.0 Å². The van der Waals surface area contributed by atoms with Crippen LogP contribution in [0.5, 0.6) is 11.5 Å². The minimum absolute atomic E-state index is 0.0193. The van der Waals surface area contributed by atoms with Crippen molar-refractivity contribution in [1.82, 2.24) is 4.72 Å². The summed E-state index contributed by atoms with van der Waals surface area (Å²) >= 11 is 0. The van der Waals surface area contributed by atoms with Crippen molar-refractivity contribution in [3.8, 4) is 11.5 Å². The average molecular weight is 453 g/mol. The van der Waals surface area contributed by atoms with E-state index in [1.165, 1.54) is 18.2 Å². The zero-order valence-electron chi connectivity index (χ0n) is 16.9. The Kier molecular flexibility index (Phi) is 5.32. The number of halogens is 1. The number of rotatable bonds is 5. The third-order valence-corrected chi connectivity index (χ3v) is 6.62. The summed E-state index contributed by atoms with van der Waals surface area (Å²) in [5.41, 5.74) is 1.39. The fourth-order valence-electron chi connectivity index (χ4n) is 3.60. The van der Waals surface area contributed by atoms with Crippen molar-refractivity contribution >= 4 is 21.0 Å². The summed E-state index contributed by atoms with van der Waals surface area (Å²) in [6, 6.07) is 22.0. The maximum atomic E-state index is 13.6. The predicted molar refractivity (Wildman–Crippen MR) is 117 cm³/mol. The lowest BCUT2D eigenvalue weighted by molar-refractivity contribution is 0.162. The topological polar surface area (TPSA) is 77.8 Å². The van der Waals surface area contributed by atoms with Crippen molar-refractivity contribution < 1.29 is 26.7 Å². The molecule has 164 valence electrons. The summed E-state index contributed by atoms with van der Waals surface area (Å²) in [4.78, 5) is -0.0193. The monoisotopic (exact) mass is 453 g/mol. The highest BCUT2D eigenvalue weighted by atomic mass is 32.2. The van der Waals surface area contributed by atoms with E-state index in [2.05, 4.69) is 4.72 Å². The maximum Gasteiger partial charge on any atom is 0.241 e. The molecule has 5 rings (SSSR count). The molecule has 2 atom stereocenters. The molecule has 4 aromatic rings. The molecule has 8 heteroatoms. The first-order valence-corrected chi connectivity index (χ1v) is 11.6. The highest BCUT2D eigenvalue weighted by Gasteiger charge is 2.27. The normalized spacial score (nSPS) is 17.1. The van der Waals surface area contributed by atoms with Crippen molar-refractivity contribution in [3.63, 3.8) is 0 Å². The van der Waals surface area contributed by atoms with E-state index in [9.17, 15) is 12.8 Å². The SMILES string of the molecule is O=S(=O)(N[C@H](c1ccccc1)c1cc2ccccc2o1)c1ccc2c(c1)OC[C@H](F)CO2. The van der Waals surface area contributed by atoms with Crippen LogP contribution in [0.25, 0.3) is 11.0 Å². The molecule has 0 saturated heterocycles. The molecule has 0 aliphatic carbocycles. The Hall–Kier alpha value is -3.36. The molecule has 0 fully saturated rings. The summed E-state index contributed by atoms with van der Waals surface area (Å²) in [7, 11) is -3.99. The van der Waals surface area contributed by atoms with Gasteiger partial charge in [-0.05, 0) is 29.8 Å². The van der Waals surface area contributed by atoms with Crippen molar-refractivity contribution in [2.45, 2.75) is 17.1 Å². The number of alkyl halides is 1. The fourth-order valence-corrected chi connectivity index (χ4v) is 4.81. The largest absolute Gasteiger partial charge is 0.487 e. The van der Waals surface area contributed by atoms with E-state index in [1.807, 2.05) is 60.7 Å². The third-order valence-electron chi connectivity index (χ3n) is 5.20. The number of furan rings is 1. The lowest BCUT2D eigenvalue weighted by Gasteiger charge is -2.18. The Balaban J connectivity index is 1.52. The number of para-hydroxylation sites is 1. The van der Waals surface area contributed by atoms with Crippen LogP contribution in [0.1, 0.15) is 17.4 Å². The van der Waals surface area contributed by atoms with Crippen LogP contribution in [-0.4, -0.2) is 27.8 Å². The van der Waals surface area contributed by atoms with Crippen LogP contribution >= 0.6 is 0 Å². The van der Waals surface area contributed by atoms with E-state index in [4.69, 9.17) is 13.9 Å². The van der Waals surface area contributed by atoms with Gasteiger partial charge in [0.1, 0.15) is 30.6 Å². The highest BCUT2D eigenvalue weighted by molar-refractivity contribution is 7.89. The van der Waals surface area contributed by atoms with E-state index in [0.717, 1.165) is 10.9 Å². The molecular formula is C24H20FNO5S. The second-order valence-corrected chi connectivity index (χ2v) is 9.19. The standard InChI is InChI=1S/C24H20FNO5S/c25-18-14-29-21-11-10-19(13-22(21)30-15-18)32(27,28)26-24(16-6-2-1-3-7-16)23-12-17-8-4-5-9-20(17)31-23/h1-13,18,24,26H,14-15H2/t18-,24-/m1/s1. The smallest absolute Gasteiger partial charge is 0.241 e. The van der Waals surface area contributed by atoms with E-state index < -0.39 is 22.2 Å². The van der Waals surface area contributed by atoms with Crippen LogP contribution < -0.4 is 14.2 Å². The van der Waals surface area contributed by atoms with Gasteiger partial charge in [-0.3, -0.25) is 0 Å². The Labute approximate surface area is 184 Å². The molecule has 0 spiro atoms. The van der Waals surface area contributed by atoms with Crippen LogP contribution in [0, 0.1) is 0 Å². The molecule has 2 heterocycles. The van der Waals surface area contributed by atoms with Crippen molar-refractivity contribution in [3.05, 3.63) is 90.2 Å². The molecule has 0 radical (unpaired) electrons. The first kappa shape index (κ1) is 20.5. The number of benzene rings is 3. The van der Waals surface area contributed by atoms with E-state index >= 15 is 0 Å². The van der Waals surface area contributed by atoms with Gasteiger partial charge in [-0.15, -0.1) is 0 Å². The molecule has 1 N–H and O–H groups in total. The second-order valence-electron chi connectivity index (χ2n) is 7.48. The van der Waals surface area contributed by atoms with Crippen LogP contribution in [0.2, 0.25) is 0 Å². The number of fused-ring (bicyclic) bond motifs is 2. The van der Waals surface area contributed by atoms with Crippen molar-refractivity contribution in [1.29, 1.82) is 0 Å². The van der Waals surface area contributed by atoms with Gasteiger partial charge in [0.15, 0.2) is 17.7 Å². The number of hydrogen-bond acceptors (Lipinski definition) is 5. The predicted octanol–water partition coefficient (Wildman–Crippen LogP) is 4.61. The number of ether oxygens (including phenoxy) is 2. The van der Waals surface area contributed by atoms with E-state index in [0.29, 0.717) is 17.1 Å². The van der Waals surface area contributed by atoms with Gasteiger partial charge in [0.25, 0.3) is 0 Å². The molecule has 1 aliphatic rings. The lowest BCUT2D eigenvalue weighted by Crippen LogP contribution is -2.29. The highest BCUT2D eigenvalue weighted by Crippen LogP contribution is 2.34. The average Bonchev–Trinajstić information content (AvgIpc) is 3.15. The molecule has 6 nitrogen and oxygen atoms in total. The quantitative estimate of drug-likeness (QED) is 0.478. The van der Waals surface area contributed by atoms with Gasteiger partial charge in [-0.1, -0.05) is 48.5 Å². The molecule has 1 aliphatic heterocycles. The van der Waals surface area contributed by atoms with E-state index in [1.54, 1.807) is 0 Å². The molecule has 0 saturated carbocycles. The maximum absolute atomic E-state index is 13.6. The first-order valence-electron chi connectivity index (χ1n) is 10.1. The Morgan fingerprint density at radius 1 is 0.875 bits per heavy atom. The van der Waals surface area contributed by atoms with Gasteiger partial charge in [0, 0.05) is 11.5 Å². The van der Waals surface area contributed by atoms with Crippen LogP contribution in [0.4, 0.5) is 4.39 Å². The Morgan fingerprint density at radius 3 is 2.38 bits per heavy atom. The van der Waals surface area contributed by atoms with Gasteiger partial charge < -0.3 is 13.9 Å². The number of sulfonamides is 1. The Morgan fingerprint density at radius 2 is 1.59 bits per heavy atom. The number of hydrogen-bond donors (Lipinski definition) is 1. The lowest BCUT2D eigenvalue weighted by atomic mass is 10.1. The minimum atomic E-state index is -3.99. The summed E-state index contributed by atoms with van der Waals surface area (Å²) < 4.78 is 59.7. The summed E-state index contributed by atoms with van der Waals surface area (Å²) in [6.07, 6.45) is -1.28. The van der Waals surface area contributed by atoms with E-state index in [-0.39, 0.29) is 23.9 Å². The van der Waals surface area contributed by atoms with Crippen LogP contribution in [0.3, 0.4) is 0 Å². The van der Waals surface area contributed by atoms with Crippen molar-refractivity contribution in [2.24, 2.45) is 0 Å². The second kappa shape index (κ2) is 8.29. The fraction of sp³-hybridized carbons (Fsp3) is 0.167. The molecule has 0 amide bonds. The molecule has 0 bridgehead atoms. The summed E-state index contributed by atoms with van der Waals surface area (Å²) in [6.45, 7) is -0.338. The summed E-state index contributed by atoms with van der Waals surface area (Å²) in [5, 5.41) is 0.874. The van der Waals surface area contributed by atoms with Gasteiger partial charge >= 0.3 is 0 Å². The molecule has 3 aromatic carbocycles. The van der Waals surface area contributed by atoms with Gasteiger partial charge in [0.2, 0.25) is 10.0 Å². The summed E-state index contributed by atoms with van der Waals surface area (Å²) in [5.74, 6) is 0.963. The molecule has 32 heavy (non-hydrogen) atoms. The first-order chi connectivity index (χ1) is 15.5.